The van der Waals surface area contributed by atoms with Gasteiger partial charge in [-0.15, -0.1) is 11.6 Å². The van der Waals surface area contributed by atoms with Crippen molar-refractivity contribution in [1.82, 2.24) is 9.55 Å². The molecule has 108 valence electrons. The molecule has 5 heteroatoms. The van der Waals surface area contributed by atoms with Gasteiger partial charge >= 0.3 is 0 Å². The van der Waals surface area contributed by atoms with Crippen LogP contribution in [0.2, 0.25) is 10.0 Å². The molecule has 0 saturated heterocycles. The third kappa shape index (κ3) is 2.89. The standard InChI is InChI=1S/C16H13Cl3N2/c1-10(17)16-20-15-13(19)3-2-4-14(15)21(16)9-11-5-7-12(18)8-6-11/h2-8,10H,9H2,1H3. The summed E-state index contributed by atoms with van der Waals surface area (Å²) in [4.78, 5) is 4.60. The summed E-state index contributed by atoms with van der Waals surface area (Å²) < 4.78 is 2.10. The highest BCUT2D eigenvalue weighted by Gasteiger charge is 2.16. The number of benzene rings is 2. The van der Waals surface area contributed by atoms with E-state index in [2.05, 4.69) is 9.55 Å². The lowest BCUT2D eigenvalue weighted by Gasteiger charge is -2.10. The lowest BCUT2D eigenvalue weighted by atomic mass is 10.2. The van der Waals surface area contributed by atoms with Crippen LogP contribution in [0, 0.1) is 0 Å². The van der Waals surface area contributed by atoms with Gasteiger partial charge in [0.15, 0.2) is 0 Å². The van der Waals surface area contributed by atoms with Gasteiger partial charge in [-0.2, -0.15) is 0 Å². The molecule has 0 spiro atoms. The van der Waals surface area contributed by atoms with E-state index in [0.29, 0.717) is 11.6 Å². The van der Waals surface area contributed by atoms with Crippen molar-refractivity contribution in [1.29, 1.82) is 0 Å². The molecule has 0 aliphatic heterocycles. The Hall–Kier alpha value is -1.22. The van der Waals surface area contributed by atoms with Gasteiger partial charge < -0.3 is 4.57 Å². The topological polar surface area (TPSA) is 17.8 Å². The van der Waals surface area contributed by atoms with Crippen molar-refractivity contribution in [3.8, 4) is 0 Å². The third-order valence-electron chi connectivity index (χ3n) is 3.37. The summed E-state index contributed by atoms with van der Waals surface area (Å²) in [5, 5.41) is 1.17. The molecular formula is C16H13Cl3N2. The van der Waals surface area contributed by atoms with Crippen LogP contribution >= 0.6 is 34.8 Å². The van der Waals surface area contributed by atoms with E-state index in [9.17, 15) is 0 Å². The number of para-hydroxylation sites is 1. The number of rotatable bonds is 3. The molecule has 1 aromatic heterocycles. The van der Waals surface area contributed by atoms with Crippen LogP contribution in [0.1, 0.15) is 23.7 Å². The van der Waals surface area contributed by atoms with Crippen LogP contribution < -0.4 is 0 Å². The molecule has 0 amide bonds. The summed E-state index contributed by atoms with van der Waals surface area (Å²) in [6.45, 7) is 2.59. The van der Waals surface area contributed by atoms with Crippen molar-refractivity contribution in [3.05, 3.63) is 63.9 Å². The molecule has 0 bridgehead atoms. The van der Waals surface area contributed by atoms with Crippen LogP contribution in [0.25, 0.3) is 11.0 Å². The molecule has 1 unspecified atom stereocenters. The molecule has 2 nitrogen and oxygen atoms in total. The maximum Gasteiger partial charge on any atom is 0.128 e. The SMILES string of the molecule is CC(Cl)c1nc2c(Cl)cccc2n1Cc1ccc(Cl)cc1. The Kier molecular flexibility index (Phi) is 4.12. The number of hydrogen-bond acceptors (Lipinski definition) is 1. The Balaban J connectivity index is 2.13. The summed E-state index contributed by atoms with van der Waals surface area (Å²) >= 11 is 18.4. The number of fused-ring (bicyclic) bond motifs is 1. The van der Waals surface area contributed by atoms with Crippen LogP contribution in [-0.2, 0) is 6.54 Å². The van der Waals surface area contributed by atoms with Crippen molar-refractivity contribution in [2.45, 2.75) is 18.8 Å². The third-order valence-corrected chi connectivity index (χ3v) is 4.12. The molecule has 3 aromatic rings. The Labute approximate surface area is 138 Å². The molecule has 2 aromatic carbocycles. The summed E-state index contributed by atoms with van der Waals surface area (Å²) in [7, 11) is 0. The second kappa shape index (κ2) is 5.88. The minimum absolute atomic E-state index is 0.194. The molecule has 1 heterocycles. The van der Waals surface area contributed by atoms with Crippen molar-refractivity contribution in [2.24, 2.45) is 0 Å². The van der Waals surface area contributed by atoms with Crippen LogP contribution in [0.3, 0.4) is 0 Å². The fourth-order valence-electron chi connectivity index (χ4n) is 2.37. The summed E-state index contributed by atoms with van der Waals surface area (Å²) in [6.07, 6.45) is 0. The Morgan fingerprint density at radius 3 is 2.48 bits per heavy atom. The first-order valence-corrected chi connectivity index (χ1v) is 7.78. The number of aromatic nitrogens is 2. The minimum Gasteiger partial charge on any atom is -0.322 e. The van der Waals surface area contributed by atoms with Gasteiger partial charge in [0.05, 0.1) is 15.9 Å². The van der Waals surface area contributed by atoms with Crippen molar-refractivity contribution in [3.63, 3.8) is 0 Å². The van der Waals surface area contributed by atoms with Crippen LogP contribution in [0.15, 0.2) is 42.5 Å². The van der Waals surface area contributed by atoms with Crippen LogP contribution in [0.5, 0.6) is 0 Å². The van der Waals surface area contributed by atoms with Crippen molar-refractivity contribution in [2.75, 3.05) is 0 Å². The van der Waals surface area contributed by atoms with Crippen LogP contribution in [-0.4, -0.2) is 9.55 Å². The molecule has 0 saturated carbocycles. The molecule has 21 heavy (non-hydrogen) atoms. The highest BCUT2D eigenvalue weighted by molar-refractivity contribution is 6.35. The fourth-order valence-corrected chi connectivity index (χ4v) is 2.88. The lowest BCUT2D eigenvalue weighted by Crippen LogP contribution is -2.05. The second-order valence-corrected chi connectivity index (χ2v) is 6.40. The smallest absolute Gasteiger partial charge is 0.128 e. The Morgan fingerprint density at radius 2 is 1.81 bits per heavy atom. The van der Waals surface area contributed by atoms with E-state index in [4.69, 9.17) is 34.8 Å². The fraction of sp³-hybridized carbons (Fsp3) is 0.188. The largest absolute Gasteiger partial charge is 0.322 e. The number of hydrogen-bond donors (Lipinski definition) is 0. The first kappa shape index (κ1) is 14.7. The summed E-state index contributed by atoms with van der Waals surface area (Å²) in [5.41, 5.74) is 2.91. The normalized spacial score (nSPS) is 12.8. The number of alkyl halides is 1. The van der Waals surface area contributed by atoms with E-state index in [1.165, 1.54) is 0 Å². The maximum atomic E-state index is 6.28. The van der Waals surface area contributed by atoms with Gasteiger partial charge in [-0.05, 0) is 36.8 Å². The Morgan fingerprint density at radius 1 is 1.10 bits per heavy atom. The zero-order valence-corrected chi connectivity index (χ0v) is 13.6. The molecule has 0 aliphatic carbocycles. The summed E-state index contributed by atoms with van der Waals surface area (Å²) in [6, 6.07) is 13.5. The van der Waals surface area contributed by atoms with Crippen LogP contribution in [0.4, 0.5) is 0 Å². The molecule has 0 radical (unpaired) electrons. The minimum atomic E-state index is -0.194. The molecule has 0 N–H and O–H groups in total. The zero-order chi connectivity index (χ0) is 15.0. The molecular weight excluding hydrogens is 327 g/mol. The highest BCUT2D eigenvalue weighted by Crippen LogP contribution is 2.29. The van der Waals surface area contributed by atoms with Gasteiger partial charge in [0.2, 0.25) is 0 Å². The first-order valence-electron chi connectivity index (χ1n) is 6.59. The number of imidazole rings is 1. The maximum absolute atomic E-state index is 6.28. The van der Waals surface area contributed by atoms with Gasteiger partial charge in [-0.3, -0.25) is 0 Å². The Bertz CT molecular complexity index is 776. The summed E-state index contributed by atoms with van der Waals surface area (Å²) in [5.74, 6) is 0.815. The molecule has 0 fully saturated rings. The quantitative estimate of drug-likeness (QED) is 0.560. The number of halogens is 3. The average molecular weight is 340 g/mol. The predicted octanol–water partition coefficient (Wildman–Crippen LogP) is 5.69. The van der Waals surface area contributed by atoms with Crippen molar-refractivity contribution < 1.29 is 0 Å². The monoisotopic (exact) mass is 338 g/mol. The molecule has 1 atom stereocenters. The van der Waals surface area contributed by atoms with E-state index in [1.807, 2.05) is 49.4 Å². The van der Waals surface area contributed by atoms with Gasteiger partial charge in [0, 0.05) is 11.6 Å². The van der Waals surface area contributed by atoms with E-state index >= 15 is 0 Å². The second-order valence-electron chi connectivity index (χ2n) is 4.91. The van der Waals surface area contributed by atoms with Gasteiger partial charge in [0.25, 0.3) is 0 Å². The van der Waals surface area contributed by atoms with E-state index in [1.54, 1.807) is 0 Å². The van der Waals surface area contributed by atoms with Gasteiger partial charge in [0.1, 0.15) is 11.3 Å². The zero-order valence-electron chi connectivity index (χ0n) is 11.4. The van der Waals surface area contributed by atoms with E-state index < -0.39 is 0 Å². The van der Waals surface area contributed by atoms with E-state index in [-0.39, 0.29) is 5.38 Å². The predicted molar refractivity (Wildman–Crippen MR) is 89.6 cm³/mol. The average Bonchev–Trinajstić information content (AvgIpc) is 2.82. The lowest BCUT2D eigenvalue weighted by molar-refractivity contribution is 0.742. The van der Waals surface area contributed by atoms with Gasteiger partial charge in [-0.25, -0.2) is 4.98 Å². The first-order chi connectivity index (χ1) is 10.1. The number of nitrogens with zero attached hydrogens (tertiary/aromatic N) is 2. The molecule has 0 aliphatic rings. The van der Waals surface area contributed by atoms with E-state index in [0.717, 1.165) is 27.4 Å². The van der Waals surface area contributed by atoms with Crippen molar-refractivity contribution >= 4 is 45.8 Å². The van der Waals surface area contributed by atoms with Gasteiger partial charge in [-0.1, -0.05) is 41.4 Å². The highest BCUT2D eigenvalue weighted by atomic mass is 35.5. The molecule has 3 rings (SSSR count).